The van der Waals surface area contributed by atoms with E-state index in [2.05, 4.69) is 22.1 Å². The van der Waals surface area contributed by atoms with E-state index in [-0.39, 0.29) is 18.6 Å². The van der Waals surface area contributed by atoms with E-state index >= 15 is 0 Å². The van der Waals surface area contributed by atoms with Crippen LogP contribution in [-0.2, 0) is 22.6 Å². The van der Waals surface area contributed by atoms with Crippen molar-refractivity contribution in [3.05, 3.63) is 58.3 Å². The van der Waals surface area contributed by atoms with Gasteiger partial charge in [0.1, 0.15) is 6.61 Å². The highest BCUT2D eigenvalue weighted by molar-refractivity contribution is 7.07. The minimum absolute atomic E-state index is 0.00202. The molecule has 2 N–H and O–H groups in total. The van der Waals surface area contributed by atoms with Crippen molar-refractivity contribution in [1.82, 2.24) is 10.6 Å². The van der Waals surface area contributed by atoms with Crippen LogP contribution in [0.3, 0.4) is 0 Å². The monoisotopic (exact) mass is 360 g/mol. The van der Waals surface area contributed by atoms with Crippen molar-refractivity contribution in [3.8, 4) is 0 Å². The van der Waals surface area contributed by atoms with Gasteiger partial charge in [0, 0.05) is 19.0 Å². The first kappa shape index (κ1) is 19.0. The van der Waals surface area contributed by atoms with E-state index in [0.29, 0.717) is 19.4 Å². The van der Waals surface area contributed by atoms with Gasteiger partial charge in [-0.3, -0.25) is 4.79 Å². The fourth-order valence-corrected chi connectivity index (χ4v) is 3.06. The summed E-state index contributed by atoms with van der Waals surface area (Å²) in [6.07, 6.45) is 1.33. The molecule has 1 aromatic heterocycles. The number of rotatable bonds is 9. The zero-order valence-corrected chi connectivity index (χ0v) is 15.2. The summed E-state index contributed by atoms with van der Waals surface area (Å²) in [6, 6.07) is 11.7. The average molecular weight is 360 g/mol. The van der Waals surface area contributed by atoms with Crippen LogP contribution in [0.4, 0.5) is 4.79 Å². The standard InChI is InChI=1S/C19H24N2O3S/c1-15(12-17-9-11-25-14-17)21-18(22)8-5-10-20-19(23)24-13-16-6-3-2-4-7-16/h2-4,6-7,9,11,14-15H,5,8,10,12-13H2,1H3,(H,20,23)(H,21,22). The largest absolute Gasteiger partial charge is 0.445 e. The number of carbonyl (C=O) groups is 2. The van der Waals surface area contributed by atoms with E-state index in [1.165, 1.54) is 5.56 Å². The van der Waals surface area contributed by atoms with E-state index in [1.807, 2.05) is 42.6 Å². The van der Waals surface area contributed by atoms with Crippen molar-refractivity contribution >= 4 is 23.3 Å². The topological polar surface area (TPSA) is 67.4 Å². The molecule has 2 amide bonds. The summed E-state index contributed by atoms with van der Waals surface area (Å²) in [5.41, 5.74) is 2.18. The normalized spacial score (nSPS) is 11.6. The maximum absolute atomic E-state index is 11.9. The van der Waals surface area contributed by atoms with Gasteiger partial charge >= 0.3 is 6.09 Å². The van der Waals surface area contributed by atoms with Crippen molar-refractivity contribution in [2.75, 3.05) is 6.54 Å². The quantitative estimate of drug-likeness (QED) is 0.673. The van der Waals surface area contributed by atoms with Crippen LogP contribution in [0.5, 0.6) is 0 Å². The highest BCUT2D eigenvalue weighted by Crippen LogP contribution is 2.08. The summed E-state index contributed by atoms with van der Waals surface area (Å²) in [4.78, 5) is 23.5. The Bertz CT molecular complexity index is 644. The first-order valence-electron chi connectivity index (χ1n) is 8.38. The lowest BCUT2D eigenvalue weighted by Crippen LogP contribution is -2.34. The van der Waals surface area contributed by atoms with E-state index in [1.54, 1.807) is 11.3 Å². The summed E-state index contributed by atoms with van der Waals surface area (Å²) < 4.78 is 5.11. The second-order valence-electron chi connectivity index (χ2n) is 5.90. The van der Waals surface area contributed by atoms with E-state index < -0.39 is 6.09 Å². The molecule has 6 heteroatoms. The molecule has 25 heavy (non-hydrogen) atoms. The van der Waals surface area contributed by atoms with Crippen LogP contribution >= 0.6 is 11.3 Å². The molecule has 134 valence electrons. The Hall–Kier alpha value is -2.34. The Morgan fingerprint density at radius 3 is 2.68 bits per heavy atom. The molecule has 1 unspecified atom stereocenters. The Balaban J connectivity index is 1.52. The smallest absolute Gasteiger partial charge is 0.407 e. The van der Waals surface area contributed by atoms with E-state index in [9.17, 15) is 9.59 Å². The number of carbonyl (C=O) groups excluding carboxylic acids is 2. The third kappa shape index (κ3) is 7.85. The lowest BCUT2D eigenvalue weighted by Gasteiger charge is -2.13. The minimum Gasteiger partial charge on any atom is -0.445 e. The molecule has 1 heterocycles. The molecule has 5 nitrogen and oxygen atoms in total. The van der Waals surface area contributed by atoms with Gasteiger partial charge in [0.05, 0.1) is 0 Å². The summed E-state index contributed by atoms with van der Waals surface area (Å²) >= 11 is 1.66. The van der Waals surface area contributed by atoms with Gasteiger partial charge in [-0.15, -0.1) is 0 Å². The van der Waals surface area contributed by atoms with E-state index in [4.69, 9.17) is 4.74 Å². The van der Waals surface area contributed by atoms with Crippen molar-refractivity contribution in [1.29, 1.82) is 0 Å². The van der Waals surface area contributed by atoms with Crippen molar-refractivity contribution in [3.63, 3.8) is 0 Å². The Morgan fingerprint density at radius 1 is 1.16 bits per heavy atom. The fraction of sp³-hybridized carbons (Fsp3) is 0.368. The molecule has 0 aliphatic rings. The zero-order valence-electron chi connectivity index (χ0n) is 14.4. The molecule has 0 spiro atoms. The highest BCUT2D eigenvalue weighted by Gasteiger charge is 2.09. The molecule has 0 aliphatic carbocycles. The molecular formula is C19H24N2O3S. The van der Waals surface area contributed by atoms with Crippen molar-refractivity contribution in [2.24, 2.45) is 0 Å². The SMILES string of the molecule is CC(Cc1ccsc1)NC(=O)CCCNC(=O)OCc1ccccc1. The molecule has 2 aromatic rings. The molecule has 1 atom stereocenters. The molecule has 0 saturated carbocycles. The van der Waals surface area contributed by atoms with Gasteiger partial charge in [0.15, 0.2) is 0 Å². The Morgan fingerprint density at radius 2 is 1.96 bits per heavy atom. The lowest BCUT2D eigenvalue weighted by molar-refractivity contribution is -0.121. The van der Waals surface area contributed by atoms with Crippen LogP contribution in [0.1, 0.15) is 30.9 Å². The maximum Gasteiger partial charge on any atom is 0.407 e. The van der Waals surface area contributed by atoms with Gasteiger partial charge in [0.25, 0.3) is 0 Å². The van der Waals surface area contributed by atoms with Crippen molar-refractivity contribution in [2.45, 2.75) is 38.8 Å². The van der Waals surface area contributed by atoms with Gasteiger partial charge in [-0.2, -0.15) is 11.3 Å². The summed E-state index contributed by atoms with van der Waals surface area (Å²) in [5.74, 6) is 0.00202. The molecule has 0 aliphatic heterocycles. The van der Waals surface area contributed by atoms with Gasteiger partial charge in [-0.05, 0) is 47.7 Å². The van der Waals surface area contributed by atoms with E-state index in [0.717, 1.165) is 12.0 Å². The summed E-state index contributed by atoms with van der Waals surface area (Å²) in [5, 5.41) is 9.76. The van der Waals surface area contributed by atoms with Crippen LogP contribution in [0, 0.1) is 0 Å². The summed E-state index contributed by atoms with van der Waals surface area (Å²) in [7, 11) is 0. The number of alkyl carbamates (subject to hydrolysis) is 1. The van der Waals surface area contributed by atoms with Gasteiger partial charge < -0.3 is 15.4 Å². The number of benzene rings is 1. The van der Waals surface area contributed by atoms with Crippen LogP contribution in [-0.4, -0.2) is 24.6 Å². The van der Waals surface area contributed by atoms with Crippen LogP contribution in [0.25, 0.3) is 0 Å². The highest BCUT2D eigenvalue weighted by atomic mass is 32.1. The van der Waals surface area contributed by atoms with Gasteiger partial charge in [-0.1, -0.05) is 30.3 Å². The van der Waals surface area contributed by atoms with Gasteiger partial charge in [-0.25, -0.2) is 4.79 Å². The second-order valence-corrected chi connectivity index (χ2v) is 6.68. The minimum atomic E-state index is -0.463. The molecule has 0 fully saturated rings. The molecule has 1 aromatic carbocycles. The number of hydrogen-bond acceptors (Lipinski definition) is 4. The number of thiophene rings is 1. The van der Waals surface area contributed by atoms with Crippen LogP contribution in [0.15, 0.2) is 47.2 Å². The predicted molar refractivity (Wildman–Crippen MR) is 99.5 cm³/mol. The second kappa shape index (κ2) is 10.5. The molecule has 0 bridgehead atoms. The van der Waals surface area contributed by atoms with Crippen LogP contribution in [0.2, 0.25) is 0 Å². The third-order valence-electron chi connectivity index (χ3n) is 3.59. The number of amides is 2. The number of hydrogen-bond donors (Lipinski definition) is 2. The third-order valence-corrected chi connectivity index (χ3v) is 4.32. The predicted octanol–water partition coefficient (Wildman–Crippen LogP) is 3.50. The Labute approximate surface area is 152 Å². The first-order valence-corrected chi connectivity index (χ1v) is 9.33. The average Bonchev–Trinajstić information content (AvgIpc) is 3.10. The molecule has 0 radical (unpaired) electrons. The molecular weight excluding hydrogens is 336 g/mol. The molecule has 0 saturated heterocycles. The van der Waals surface area contributed by atoms with Crippen LogP contribution < -0.4 is 10.6 Å². The lowest BCUT2D eigenvalue weighted by atomic mass is 10.1. The fourth-order valence-electron chi connectivity index (χ4n) is 2.37. The van der Waals surface area contributed by atoms with Crippen molar-refractivity contribution < 1.29 is 14.3 Å². The summed E-state index contributed by atoms with van der Waals surface area (Å²) in [6.45, 7) is 2.65. The molecule has 2 rings (SSSR count). The Kier molecular flexibility index (Phi) is 7.98. The number of nitrogens with one attached hydrogen (secondary N) is 2. The van der Waals surface area contributed by atoms with Gasteiger partial charge in [0.2, 0.25) is 5.91 Å². The number of ether oxygens (including phenoxy) is 1. The maximum atomic E-state index is 11.9. The zero-order chi connectivity index (χ0) is 17.9. The first-order chi connectivity index (χ1) is 12.1.